The van der Waals surface area contributed by atoms with Crippen molar-refractivity contribution in [2.24, 2.45) is 5.73 Å². The summed E-state index contributed by atoms with van der Waals surface area (Å²) in [7, 11) is 0. The molecule has 0 bridgehead atoms. The lowest BCUT2D eigenvalue weighted by atomic mass is 9.78. The van der Waals surface area contributed by atoms with E-state index in [0.29, 0.717) is 6.54 Å². The Morgan fingerprint density at radius 1 is 1.43 bits per heavy atom. The molecule has 2 amide bonds. The molecule has 4 heteroatoms. The van der Waals surface area contributed by atoms with Crippen LogP contribution in [0.3, 0.4) is 0 Å². The molecule has 0 atom stereocenters. The van der Waals surface area contributed by atoms with Crippen LogP contribution >= 0.6 is 0 Å². The first-order valence-corrected chi connectivity index (χ1v) is 5.43. The molecular formula is C10H21N3O. The Bertz CT molecular complexity index is 198. The van der Waals surface area contributed by atoms with Crippen LogP contribution in [0.2, 0.25) is 0 Å². The molecule has 14 heavy (non-hydrogen) atoms. The average Bonchev–Trinajstić information content (AvgIpc) is 2.13. The Labute approximate surface area is 85.8 Å². The van der Waals surface area contributed by atoms with Gasteiger partial charge >= 0.3 is 6.03 Å². The summed E-state index contributed by atoms with van der Waals surface area (Å²) in [6.07, 6.45) is 3.26. The highest BCUT2D eigenvalue weighted by molar-refractivity contribution is 5.74. The number of carbonyl (C=O) groups excluding carboxylic acids is 1. The summed E-state index contributed by atoms with van der Waals surface area (Å²) in [6.45, 7) is 6.07. The first kappa shape index (κ1) is 11.3. The lowest BCUT2D eigenvalue weighted by Crippen LogP contribution is -2.56. The van der Waals surface area contributed by atoms with Crippen LogP contribution in [0, 0.1) is 0 Å². The zero-order chi connectivity index (χ0) is 10.6. The molecule has 82 valence electrons. The summed E-state index contributed by atoms with van der Waals surface area (Å²) < 4.78 is 0. The van der Waals surface area contributed by atoms with E-state index in [4.69, 9.17) is 5.73 Å². The van der Waals surface area contributed by atoms with Gasteiger partial charge in [0.05, 0.1) is 0 Å². The van der Waals surface area contributed by atoms with Gasteiger partial charge in [0.2, 0.25) is 0 Å². The maximum atomic E-state index is 11.6. The van der Waals surface area contributed by atoms with Gasteiger partial charge in [0.25, 0.3) is 0 Å². The molecule has 0 aromatic carbocycles. The van der Waals surface area contributed by atoms with Crippen molar-refractivity contribution >= 4 is 6.03 Å². The molecule has 1 fully saturated rings. The van der Waals surface area contributed by atoms with Gasteiger partial charge < -0.3 is 16.0 Å². The monoisotopic (exact) mass is 199 g/mol. The number of urea groups is 1. The summed E-state index contributed by atoms with van der Waals surface area (Å²) in [5.41, 5.74) is 5.88. The van der Waals surface area contributed by atoms with Crippen molar-refractivity contribution in [2.45, 2.75) is 38.6 Å². The second-order valence-electron chi connectivity index (χ2n) is 4.05. The van der Waals surface area contributed by atoms with E-state index < -0.39 is 0 Å². The molecule has 0 spiro atoms. The highest BCUT2D eigenvalue weighted by atomic mass is 16.2. The highest BCUT2D eigenvalue weighted by Crippen LogP contribution is 2.27. The number of amides is 2. The summed E-state index contributed by atoms with van der Waals surface area (Å²) in [6, 6.07) is 0.00623. The first-order valence-electron chi connectivity index (χ1n) is 5.43. The Morgan fingerprint density at radius 2 is 2.00 bits per heavy atom. The SMILES string of the molecule is CCN(CC)C(=O)NCC1(N)CCC1. The van der Waals surface area contributed by atoms with Crippen LogP contribution in [0.1, 0.15) is 33.1 Å². The predicted octanol–water partition coefficient (Wildman–Crippen LogP) is 0.919. The Hall–Kier alpha value is -0.770. The van der Waals surface area contributed by atoms with Crippen molar-refractivity contribution in [3.05, 3.63) is 0 Å². The van der Waals surface area contributed by atoms with Gasteiger partial charge in [-0.25, -0.2) is 4.79 Å². The topological polar surface area (TPSA) is 58.4 Å². The standard InChI is InChI=1S/C10H21N3O/c1-3-13(4-2)9(14)12-8-10(11)6-5-7-10/h3-8,11H2,1-2H3,(H,12,14). The molecule has 0 aliphatic heterocycles. The predicted molar refractivity (Wildman–Crippen MR) is 57.1 cm³/mol. The van der Waals surface area contributed by atoms with Crippen molar-refractivity contribution in [2.75, 3.05) is 19.6 Å². The molecular weight excluding hydrogens is 178 g/mol. The lowest BCUT2D eigenvalue weighted by Gasteiger charge is -2.38. The Balaban J connectivity index is 2.26. The number of hydrogen-bond donors (Lipinski definition) is 2. The lowest BCUT2D eigenvalue weighted by molar-refractivity contribution is 0.189. The van der Waals surface area contributed by atoms with E-state index in [0.717, 1.165) is 25.9 Å². The maximum absolute atomic E-state index is 11.6. The van der Waals surface area contributed by atoms with Crippen LogP contribution in [-0.2, 0) is 0 Å². The van der Waals surface area contributed by atoms with Gasteiger partial charge in [-0.2, -0.15) is 0 Å². The minimum Gasteiger partial charge on any atom is -0.336 e. The number of carbonyl (C=O) groups is 1. The van der Waals surface area contributed by atoms with Crippen molar-refractivity contribution < 1.29 is 4.79 Å². The van der Waals surface area contributed by atoms with Crippen molar-refractivity contribution in [3.63, 3.8) is 0 Å². The normalized spacial score (nSPS) is 18.5. The highest BCUT2D eigenvalue weighted by Gasteiger charge is 2.32. The molecule has 0 aromatic rings. The van der Waals surface area contributed by atoms with E-state index in [9.17, 15) is 4.79 Å². The van der Waals surface area contributed by atoms with Gasteiger partial charge in [-0.3, -0.25) is 0 Å². The van der Waals surface area contributed by atoms with E-state index in [1.54, 1.807) is 4.90 Å². The fraction of sp³-hybridized carbons (Fsp3) is 0.900. The van der Waals surface area contributed by atoms with Crippen molar-refractivity contribution in [1.29, 1.82) is 0 Å². The minimum atomic E-state index is -0.122. The molecule has 0 unspecified atom stereocenters. The molecule has 1 aliphatic carbocycles. The third kappa shape index (κ3) is 2.61. The number of nitrogens with one attached hydrogen (secondary N) is 1. The number of hydrogen-bond acceptors (Lipinski definition) is 2. The van der Waals surface area contributed by atoms with Crippen LogP contribution in [0.15, 0.2) is 0 Å². The van der Waals surface area contributed by atoms with Gasteiger partial charge in [-0.15, -0.1) is 0 Å². The molecule has 0 saturated heterocycles. The second kappa shape index (κ2) is 4.64. The zero-order valence-electron chi connectivity index (χ0n) is 9.18. The smallest absolute Gasteiger partial charge is 0.317 e. The van der Waals surface area contributed by atoms with Gasteiger partial charge in [0.15, 0.2) is 0 Å². The fourth-order valence-corrected chi connectivity index (χ4v) is 1.68. The molecule has 0 aromatic heterocycles. The van der Waals surface area contributed by atoms with Crippen molar-refractivity contribution in [3.8, 4) is 0 Å². The summed E-state index contributed by atoms with van der Waals surface area (Å²) in [5.74, 6) is 0. The van der Waals surface area contributed by atoms with Gasteiger partial charge in [-0.1, -0.05) is 0 Å². The number of rotatable bonds is 4. The van der Waals surface area contributed by atoms with Crippen LogP contribution in [-0.4, -0.2) is 36.1 Å². The summed E-state index contributed by atoms with van der Waals surface area (Å²) in [5, 5.41) is 2.89. The molecule has 3 N–H and O–H groups in total. The molecule has 1 rings (SSSR count). The first-order chi connectivity index (χ1) is 6.61. The van der Waals surface area contributed by atoms with Crippen LogP contribution in [0.4, 0.5) is 4.79 Å². The molecule has 1 aliphatic rings. The Morgan fingerprint density at radius 3 is 2.36 bits per heavy atom. The second-order valence-corrected chi connectivity index (χ2v) is 4.05. The molecule has 4 nitrogen and oxygen atoms in total. The summed E-state index contributed by atoms with van der Waals surface area (Å²) in [4.78, 5) is 13.3. The van der Waals surface area contributed by atoms with E-state index in [2.05, 4.69) is 5.32 Å². The Kier molecular flexibility index (Phi) is 3.75. The van der Waals surface area contributed by atoms with Crippen LogP contribution in [0.25, 0.3) is 0 Å². The zero-order valence-corrected chi connectivity index (χ0v) is 9.18. The van der Waals surface area contributed by atoms with Gasteiger partial charge in [0, 0.05) is 25.2 Å². The van der Waals surface area contributed by atoms with Crippen molar-refractivity contribution in [1.82, 2.24) is 10.2 Å². The minimum absolute atomic E-state index is 0.00623. The molecule has 0 heterocycles. The third-order valence-electron chi connectivity index (χ3n) is 2.99. The molecule has 1 saturated carbocycles. The van der Waals surface area contributed by atoms with Crippen LogP contribution < -0.4 is 11.1 Å². The third-order valence-corrected chi connectivity index (χ3v) is 2.99. The quantitative estimate of drug-likeness (QED) is 0.707. The van der Waals surface area contributed by atoms with Gasteiger partial charge in [-0.05, 0) is 33.1 Å². The maximum Gasteiger partial charge on any atom is 0.317 e. The van der Waals surface area contributed by atoms with E-state index >= 15 is 0 Å². The number of nitrogens with two attached hydrogens (primary N) is 1. The molecule has 0 radical (unpaired) electrons. The average molecular weight is 199 g/mol. The van der Waals surface area contributed by atoms with Gasteiger partial charge in [0.1, 0.15) is 0 Å². The number of nitrogens with zero attached hydrogens (tertiary/aromatic N) is 1. The fourth-order valence-electron chi connectivity index (χ4n) is 1.68. The van der Waals surface area contributed by atoms with Crippen LogP contribution in [0.5, 0.6) is 0 Å². The summed E-state index contributed by atoms with van der Waals surface area (Å²) >= 11 is 0. The van der Waals surface area contributed by atoms with E-state index in [1.165, 1.54) is 6.42 Å². The van der Waals surface area contributed by atoms with E-state index in [1.807, 2.05) is 13.8 Å². The largest absolute Gasteiger partial charge is 0.336 e. The van der Waals surface area contributed by atoms with E-state index in [-0.39, 0.29) is 11.6 Å².